The van der Waals surface area contributed by atoms with Gasteiger partial charge in [0.2, 0.25) is 0 Å². The Morgan fingerprint density at radius 1 is 1.18 bits per heavy atom. The molecule has 0 aliphatic carbocycles. The fourth-order valence-electron chi connectivity index (χ4n) is 4.13. The van der Waals surface area contributed by atoms with Crippen molar-refractivity contribution in [2.75, 3.05) is 7.11 Å². The highest BCUT2D eigenvalue weighted by molar-refractivity contribution is 7.07. The van der Waals surface area contributed by atoms with Gasteiger partial charge < -0.3 is 14.0 Å². The third-order valence-electron chi connectivity index (χ3n) is 6.12. The minimum absolute atomic E-state index is 0.187. The van der Waals surface area contributed by atoms with Gasteiger partial charge >= 0.3 is 5.97 Å². The molecule has 1 aliphatic heterocycles. The van der Waals surface area contributed by atoms with Crippen LogP contribution in [0.5, 0.6) is 5.75 Å². The molecule has 0 bridgehead atoms. The topological polar surface area (TPSA) is 74.8 Å². The molecule has 1 unspecified atom stereocenters. The van der Waals surface area contributed by atoms with E-state index in [1.165, 1.54) is 11.3 Å². The first kappa shape index (κ1) is 23.8. The summed E-state index contributed by atoms with van der Waals surface area (Å²) in [6.07, 6.45) is 1.61. The third kappa shape index (κ3) is 4.14. The van der Waals surface area contributed by atoms with Gasteiger partial charge in [0, 0.05) is 18.4 Å². The summed E-state index contributed by atoms with van der Waals surface area (Å²) in [5.74, 6) is 0.221. The van der Waals surface area contributed by atoms with E-state index >= 15 is 0 Å². The number of hydrogen-bond acceptors (Lipinski definition) is 6. The molecular weight excluding hydrogens is 450 g/mol. The van der Waals surface area contributed by atoms with Crippen LogP contribution in [0.1, 0.15) is 49.3 Å². The van der Waals surface area contributed by atoms with Crippen molar-refractivity contribution in [1.29, 1.82) is 0 Å². The fourth-order valence-corrected chi connectivity index (χ4v) is 5.17. The van der Waals surface area contributed by atoms with Crippen molar-refractivity contribution in [2.45, 2.75) is 46.8 Å². The van der Waals surface area contributed by atoms with Crippen LogP contribution < -0.4 is 19.6 Å². The number of nitrogens with zero attached hydrogens (tertiary/aromatic N) is 3. The van der Waals surface area contributed by atoms with E-state index in [2.05, 4.69) is 15.6 Å². The maximum atomic E-state index is 13.7. The van der Waals surface area contributed by atoms with E-state index in [1.807, 2.05) is 51.2 Å². The van der Waals surface area contributed by atoms with E-state index in [9.17, 15) is 9.59 Å². The zero-order chi connectivity index (χ0) is 24.7. The third-order valence-corrected chi connectivity index (χ3v) is 7.10. The molecule has 1 atom stereocenters. The van der Waals surface area contributed by atoms with Crippen LogP contribution in [0.2, 0.25) is 0 Å². The Morgan fingerprint density at radius 3 is 2.41 bits per heavy atom. The van der Waals surface area contributed by atoms with Crippen LogP contribution in [0.15, 0.2) is 51.4 Å². The average Bonchev–Trinajstić information content (AvgIpc) is 3.22. The summed E-state index contributed by atoms with van der Waals surface area (Å²) < 4.78 is 15.1. The predicted molar refractivity (Wildman–Crippen MR) is 133 cm³/mol. The van der Waals surface area contributed by atoms with Gasteiger partial charge in [0.05, 0.1) is 35.1 Å². The maximum Gasteiger partial charge on any atom is 0.338 e. The molecule has 178 valence electrons. The standard InChI is InChI=1S/C26H29N3O4S/c1-14(2)33-25(31)22-16(4)27-26-29(23(22)18-8-10-20(32-7)11-9-18)24(30)21(34-26)13-19-12-15(3)28(6)17(19)5/h8-14,23H,1-7H3. The number of aromatic nitrogens is 2. The zero-order valence-corrected chi connectivity index (χ0v) is 21.3. The summed E-state index contributed by atoms with van der Waals surface area (Å²) in [6.45, 7) is 9.45. The van der Waals surface area contributed by atoms with Crippen LogP contribution in [0.25, 0.3) is 6.08 Å². The molecule has 0 N–H and O–H groups in total. The van der Waals surface area contributed by atoms with Gasteiger partial charge in [-0.15, -0.1) is 0 Å². The lowest BCUT2D eigenvalue weighted by Crippen LogP contribution is -2.40. The Labute approximate surface area is 202 Å². The quantitative estimate of drug-likeness (QED) is 0.527. The first-order valence-electron chi connectivity index (χ1n) is 11.1. The zero-order valence-electron chi connectivity index (χ0n) is 20.5. The lowest BCUT2D eigenvalue weighted by molar-refractivity contribution is -0.143. The van der Waals surface area contributed by atoms with Crippen molar-refractivity contribution in [3.05, 3.63) is 83.8 Å². The minimum Gasteiger partial charge on any atom is -0.497 e. The number of hydrogen-bond donors (Lipinski definition) is 0. The van der Waals surface area contributed by atoms with Gasteiger partial charge in [0.25, 0.3) is 5.56 Å². The molecule has 2 aromatic heterocycles. The molecule has 8 heteroatoms. The highest BCUT2D eigenvalue weighted by atomic mass is 32.1. The van der Waals surface area contributed by atoms with Crippen molar-refractivity contribution in [3.8, 4) is 5.75 Å². The predicted octanol–water partition coefficient (Wildman–Crippen LogP) is 3.15. The number of rotatable bonds is 5. The molecule has 0 saturated carbocycles. The summed E-state index contributed by atoms with van der Waals surface area (Å²) >= 11 is 1.33. The number of ether oxygens (including phenoxy) is 2. The molecule has 34 heavy (non-hydrogen) atoms. The number of thiazole rings is 1. The van der Waals surface area contributed by atoms with Gasteiger partial charge in [-0.05, 0) is 70.0 Å². The second kappa shape index (κ2) is 9.10. The molecule has 4 rings (SSSR count). The molecule has 1 aromatic carbocycles. The number of allylic oxidation sites excluding steroid dienone is 1. The summed E-state index contributed by atoms with van der Waals surface area (Å²) in [4.78, 5) is 32.0. The van der Waals surface area contributed by atoms with Crippen LogP contribution in [-0.4, -0.2) is 28.3 Å². The monoisotopic (exact) mass is 479 g/mol. The van der Waals surface area contributed by atoms with E-state index in [-0.39, 0.29) is 11.7 Å². The Balaban J connectivity index is 1.95. The van der Waals surface area contributed by atoms with Crippen LogP contribution in [0.4, 0.5) is 0 Å². The van der Waals surface area contributed by atoms with Crippen molar-refractivity contribution in [2.24, 2.45) is 12.0 Å². The largest absolute Gasteiger partial charge is 0.497 e. The average molecular weight is 480 g/mol. The van der Waals surface area contributed by atoms with E-state index < -0.39 is 12.0 Å². The van der Waals surface area contributed by atoms with Crippen LogP contribution in [0, 0.1) is 13.8 Å². The summed E-state index contributed by atoms with van der Waals surface area (Å²) in [7, 11) is 3.60. The number of carbonyl (C=O) groups is 1. The molecule has 3 heterocycles. The number of fused-ring (bicyclic) bond motifs is 1. The van der Waals surface area contributed by atoms with Crippen LogP contribution >= 0.6 is 11.3 Å². The molecule has 7 nitrogen and oxygen atoms in total. The van der Waals surface area contributed by atoms with Crippen LogP contribution in [-0.2, 0) is 16.6 Å². The molecule has 0 spiro atoms. The first-order valence-corrected chi connectivity index (χ1v) is 11.9. The Bertz CT molecular complexity index is 1470. The first-order chi connectivity index (χ1) is 16.1. The molecule has 1 aliphatic rings. The van der Waals surface area contributed by atoms with Gasteiger partial charge in [-0.2, -0.15) is 0 Å². The summed E-state index contributed by atoms with van der Waals surface area (Å²) in [5, 5.41) is 0. The lowest BCUT2D eigenvalue weighted by atomic mass is 9.96. The Kier molecular flexibility index (Phi) is 6.36. The molecule has 0 radical (unpaired) electrons. The summed E-state index contributed by atoms with van der Waals surface area (Å²) in [6, 6.07) is 8.79. The molecule has 0 amide bonds. The second-order valence-corrected chi connectivity index (χ2v) is 9.70. The normalized spacial score (nSPS) is 16.0. The SMILES string of the molecule is COc1ccc(C2C(C(=O)OC(C)C)=C(C)N=c3sc(=Cc4cc(C)n(C)c4C)c(=O)n32)cc1. The van der Waals surface area contributed by atoms with Gasteiger partial charge in [-0.1, -0.05) is 23.5 Å². The van der Waals surface area contributed by atoms with Gasteiger partial charge in [0.1, 0.15) is 5.75 Å². The Hall–Kier alpha value is -3.39. The van der Waals surface area contributed by atoms with Crippen molar-refractivity contribution in [3.63, 3.8) is 0 Å². The molecular formula is C26H29N3O4S. The number of aryl methyl sites for hydroxylation is 1. The Morgan fingerprint density at radius 2 is 1.85 bits per heavy atom. The van der Waals surface area contributed by atoms with E-state index in [0.29, 0.717) is 26.4 Å². The minimum atomic E-state index is -0.644. The highest BCUT2D eigenvalue weighted by Gasteiger charge is 2.33. The van der Waals surface area contributed by atoms with Gasteiger partial charge in [-0.25, -0.2) is 9.79 Å². The fraction of sp³-hybridized carbons (Fsp3) is 0.346. The molecule has 0 saturated heterocycles. The lowest BCUT2D eigenvalue weighted by Gasteiger charge is -2.25. The second-order valence-electron chi connectivity index (χ2n) is 8.69. The van der Waals surface area contributed by atoms with Crippen molar-refractivity contribution >= 4 is 23.4 Å². The molecule has 0 fully saturated rings. The van der Waals surface area contributed by atoms with Crippen molar-refractivity contribution in [1.82, 2.24) is 9.13 Å². The van der Waals surface area contributed by atoms with Gasteiger partial charge in [0.15, 0.2) is 4.80 Å². The van der Waals surface area contributed by atoms with Crippen LogP contribution in [0.3, 0.4) is 0 Å². The molecule has 3 aromatic rings. The van der Waals surface area contributed by atoms with Gasteiger partial charge in [-0.3, -0.25) is 9.36 Å². The van der Waals surface area contributed by atoms with E-state index in [0.717, 1.165) is 22.5 Å². The van der Waals surface area contributed by atoms with E-state index in [1.54, 1.807) is 32.4 Å². The highest BCUT2D eigenvalue weighted by Crippen LogP contribution is 2.31. The van der Waals surface area contributed by atoms with E-state index in [4.69, 9.17) is 9.47 Å². The number of carbonyl (C=O) groups excluding carboxylic acids is 1. The number of methoxy groups -OCH3 is 1. The maximum absolute atomic E-state index is 13.7. The number of esters is 1. The summed E-state index contributed by atoms with van der Waals surface area (Å²) in [5.41, 5.74) is 4.68. The smallest absolute Gasteiger partial charge is 0.338 e. The van der Waals surface area contributed by atoms with Crippen molar-refractivity contribution < 1.29 is 14.3 Å². The number of benzene rings is 1.